The van der Waals surface area contributed by atoms with Crippen LogP contribution in [0.25, 0.3) is 0 Å². The van der Waals surface area contributed by atoms with Gasteiger partial charge in [0.05, 0.1) is 16.7 Å². The van der Waals surface area contributed by atoms with Gasteiger partial charge in [0.1, 0.15) is 11.7 Å². The van der Waals surface area contributed by atoms with Gasteiger partial charge in [-0.05, 0) is 90.9 Å². The molecular formula is C32H50F6O7. The number of alkyl halides is 6. The Hall–Kier alpha value is -2.05. The zero-order chi connectivity index (χ0) is 34.5. The smallest absolute Gasteiger partial charge is 0.426 e. The molecule has 2 aliphatic rings. The highest BCUT2D eigenvalue weighted by molar-refractivity contribution is 5.81. The molecule has 2 fully saturated rings. The first-order valence-corrected chi connectivity index (χ1v) is 16.1. The predicted octanol–water partition coefficient (Wildman–Crippen LogP) is 8.30. The summed E-state index contributed by atoms with van der Waals surface area (Å²) in [6.07, 6.45) is -10.0. The highest BCUT2D eigenvalue weighted by atomic mass is 19.4. The molecule has 0 spiro atoms. The second-order valence-corrected chi connectivity index (χ2v) is 14.2. The highest BCUT2D eigenvalue weighted by Gasteiger charge is 2.71. The van der Waals surface area contributed by atoms with E-state index in [2.05, 4.69) is 0 Å². The molecule has 0 aliphatic heterocycles. The van der Waals surface area contributed by atoms with Crippen molar-refractivity contribution >= 4 is 17.9 Å². The van der Waals surface area contributed by atoms with Gasteiger partial charge in [-0.2, -0.15) is 26.3 Å². The van der Waals surface area contributed by atoms with Gasteiger partial charge in [-0.3, -0.25) is 14.4 Å². The van der Waals surface area contributed by atoms with Crippen molar-refractivity contribution in [3.63, 3.8) is 0 Å². The number of aliphatic carboxylic acids is 1. The summed E-state index contributed by atoms with van der Waals surface area (Å²) in [5, 5.41) is 19.8. The van der Waals surface area contributed by atoms with Crippen molar-refractivity contribution in [3.8, 4) is 0 Å². The van der Waals surface area contributed by atoms with Gasteiger partial charge in [-0.25, -0.2) is 0 Å². The van der Waals surface area contributed by atoms with Crippen molar-refractivity contribution in [2.24, 2.45) is 22.7 Å². The number of hydrogen-bond donors (Lipinski definition) is 2. The van der Waals surface area contributed by atoms with Gasteiger partial charge in [-0.1, -0.05) is 39.5 Å². The van der Waals surface area contributed by atoms with Crippen LogP contribution in [0.4, 0.5) is 26.3 Å². The second kappa shape index (κ2) is 14.8. The number of hydrogen-bond acceptors (Lipinski definition) is 6. The van der Waals surface area contributed by atoms with Crippen LogP contribution in [0.2, 0.25) is 0 Å². The first-order valence-electron chi connectivity index (χ1n) is 16.1. The van der Waals surface area contributed by atoms with Gasteiger partial charge < -0.3 is 19.7 Å². The number of esters is 2. The number of aliphatic hydroxyl groups is 1. The molecule has 0 aromatic rings. The maximum Gasteiger partial charge on any atom is 0.426 e. The van der Waals surface area contributed by atoms with Crippen molar-refractivity contribution in [3.05, 3.63) is 0 Å². The number of rotatable bonds is 14. The number of carbonyl (C=O) groups is 3. The number of ether oxygens (including phenoxy) is 2. The topological polar surface area (TPSA) is 110 Å². The standard InChI is InChI=1S/C32H50F6O7/c1-6-21(24(39)40)18-28(5,26(42)45-29(7-2)16-12-13-17-29)20-27(3,4)25(41)44-23(22-14-10-8-9-11-15-22)19-30(43,31(33,34)35)32(36,37)38/h21-23,43H,6-20H2,1-5H3,(H,39,40). The molecule has 0 amide bonds. The van der Waals surface area contributed by atoms with Crippen molar-refractivity contribution in [1.82, 2.24) is 0 Å². The average Bonchev–Trinajstić information content (AvgIpc) is 3.21. The molecule has 2 N–H and O–H groups in total. The zero-order valence-electron chi connectivity index (χ0n) is 27.0. The fourth-order valence-electron chi connectivity index (χ4n) is 7.06. The normalized spacial score (nSPS) is 21.3. The van der Waals surface area contributed by atoms with Crippen LogP contribution in [0.3, 0.4) is 0 Å². The fraction of sp³-hybridized carbons (Fsp3) is 0.906. The highest BCUT2D eigenvalue weighted by Crippen LogP contribution is 2.49. The maximum atomic E-state index is 13.8. The van der Waals surface area contributed by atoms with Gasteiger partial charge in [0.2, 0.25) is 0 Å². The van der Waals surface area contributed by atoms with E-state index >= 15 is 0 Å². The molecule has 0 bridgehead atoms. The zero-order valence-corrected chi connectivity index (χ0v) is 27.0. The molecule has 3 unspecified atom stereocenters. The Morgan fingerprint density at radius 3 is 1.76 bits per heavy atom. The van der Waals surface area contributed by atoms with E-state index in [1.165, 1.54) is 20.8 Å². The summed E-state index contributed by atoms with van der Waals surface area (Å²) in [7, 11) is 0. The number of halogens is 6. The average molecular weight is 661 g/mol. The lowest BCUT2D eigenvalue weighted by atomic mass is 9.69. The minimum absolute atomic E-state index is 0.166. The quantitative estimate of drug-likeness (QED) is 0.110. The molecule has 2 saturated carbocycles. The van der Waals surface area contributed by atoms with Crippen LogP contribution in [-0.4, -0.2) is 57.8 Å². The van der Waals surface area contributed by atoms with E-state index in [1.54, 1.807) is 6.92 Å². The van der Waals surface area contributed by atoms with E-state index in [4.69, 9.17) is 9.47 Å². The number of carboxylic acids is 1. The Morgan fingerprint density at radius 1 is 0.822 bits per heavy atom. The van der Waals surface area contributed by atoms with Gasteiger partial charge >= 0.3 is 30.3 Å². The van der Waals surface area contributed by atoms with Gasteiger partial charge in [0, 0.05) is 6.42 Å². The van der Waals surface area contributed by atoms with E-state index in [0.717, 1.165) is 12.8 Å². The Labute approximate surface area is 261 Å². The van der Waals surface area contributed by atoms with Crippen LogP contribution < -0.4 is 0 Å². The van der Waals surface area contributed by atoms with E-state index < -0.39 is 76.7 Å². The van der Waals surface area contributed by atoms with Gasteiger partial charge in [0.15, 0.2) is 0 Å². The Balaban J connectivity index is 2.46. The first kappa shape index (κ1) is 39.1. The van der Waals surface area contributed by atoms with E-state index in [-0.39, 0.29) is 32.1 Å². The SMILES string of the molecule is CCC(CC(C)(CC(C)(C)C(=O)OC(CC(O)(C(F)(F)F)C(F)(F)F)C1CCCCCC1)C(=O)OC1(CC)CCCC1)C(=O)O. The molecular weight excluding hydrogens is 610 g/mol. The fourth-order valence-corrected chi connectivity index (χ4v) is 7.06. The lowest BCUT2D eigenvalue weighted by Gasteiger charge is -2.41. The van der Waals surface area contributed by atoms with Crippen LogP contribution in [-0.2, 0) is 23.9 Å². The third-order valence-corrected chi connectivity index (χ3v) is 10.0. The van der Waals surface area contributed by atoms with Crippen LogP contribution in [0.5, 0.6) is 0 Å². The summed E-state index contributed by atoms with van der Waals surface area (Å²) in [5.74, 6) is -4.85. The minimum atomic E-state index is -6.08. The molecule has 2 rings (SSSR count). The number of carbonyl (C=O) groups excluding carboxylic acids is 2. The van der Waals surface area contributed by atoms with E-state index in [1.807, 2.05) is 6.92 Å². The van der Waals surface area contributed by atoms with E-state index in [0.29, 0.717) is 44.9 Å². The molecule has 3 atom stereocenters. The van der Waals surface area contributed by atoms with Crippen molar-refractivity contribution in [2.45, 2.75) is 161 Å². The number of carboxylic acid groups (broad SMARTS) is 1. The summed E-state index contributed by atoms with van der Waals surface area (Å²) in [4.78, 5) is 39.5. The Bertz CT molecular complexity index is 996. The van der Waals surface area contributed by atoms with Crippen LogP contribution in [0.15, 0.2) is 0 Å². The van der Waals surface area contributed by atoms with Crippen molar-refractivity contribution < 1.29 is 60.4 Å². The second-order valence-electron chi connectivity index (χ2n) is 14.2. The lowest BCUT2D eigenvalue weighted by Crippen LogP contribution is -2.59. The third kappa shape index (κ3) is 9.50. The Morgan fingerprint density at radius 2 is 1.33 bits per heavy atom. The summed E-state index contributed by atoms with van der Waals surface area (Å²) >= 11 is 0. The molecule has 0 radical (unpaired) electrons. The molecule has 7 nitrogen and oxygen atoms in total. The third-order valence-electron chi connectivity index (χ3n) is 10.0. The molecule has 0 heterocycles. The van der Waals surface area contributed by atoms with E-state index in [9.17, 15) is 50.9 Å². The molecule has 45 heavy (non-hydrogen) atoms. The molecule has 2 aliphatic carbocycles. The summed E-state index contributed by atoms with van der Waals surface area (Å²) in [6.45, 7) is 7.70. The Kier molecular flexibility index (Phi) is 12.9. The van der Waals surface area contributed by atoms with Crippen molar-refractivity contribution in [2.75, 3.05) is 0 Å². The molecule has 13 heteroatoms. The molecule has 0 saturated heterocycles. The monoisotopic (exact) mass is 660 g/mol. The predicted molar refractivity (Wildman–Crippen MR) is 153 cm³/mol. The largest absolute Gasteiger partial charge is 0.481 e. The summed E-state index contributed by atoms with van der Waals surface area (Å²) < 4.78 is 93.9. The van der Waals surface area contributed by atoms with Crippen molar-refractivity contribution in [1.29, 1.82) is 0 Å². The van der Waals surface area contributed by atoms with Crippen LogP contribution >= 0.6 is 0 Å². The molecule has 0 aromatic heterocycles. The lowest BCUT2D eigenvalue weighted by molar-refractivity contribution is -0.375. The van der Waals surface area contributed by atoms with Crippen LogP contribution in [0, 0.1) is 22.7 Å². The first-order chi connectivity index (χ1) is 20.6. The van der Waals surface area contributed by atoms with Gasteiger partial charge in [0.25, 0.3) is 5.60 Å². The van der Waals surface area contributed by atoms with Crippen LogP contribution in [0.1, 0.15) is 131 Å². The molecule has 0 aromatic carbocycles. The summed E-state index contributed by atoms with van der Waals surface area (Å²) in [6, 6.07) is 0. The summed E-state index contributed by atoms with van der Waals surface area (Å²) in [5.41, 5.74) is -9.05. The maximum absolute atomic E-state index is 13.8. The molecule has 262 valence electrons. The minimum Gasteiger partial charge on any atom is -0.481 e. The van der Waals surface area contributed by atoms with Gasteiger partial charge in [-0.15, -0.1) is 0 Å².